The van der Waals surface area contributed by atoms with Crippen LogP contribution in [0.5, 0.6) is 0 Å². The minimum atomic E-state index is 0. The van der Waals surface area contributed by atoms with Gasteiger partial charge in [-0.1, -0.05) is 101 Å². The number of rotatable bonds is 0. The van der Waals surface area contributed by atoms with Crippen molar-refractivity contribution in [2.75, 3.05) is 0 Å². The molecule has 0 amide bonds. The van der Waals surface area contributed by atoms with Crippen LogP contribution < -0.4 is 0 Å². The van der Waals surface area contributed by atoms with E-state index in [1.165, 1.54) is 128 Å². The molecule has 0 atom stereocenters. The van der Waals surface area contributed by atoms with Crippen molar-refractivity contribution in [1.82, 2.24) is 0 Å². The Morgan fingerprint density at radius 3 is 0.515 bits per heavy atom. The normalized spacial score (nSPS) is 33.1. The number of hydrogen-bond donors (Lipinski definition) is 0. The topological polar surface area (TPSA) is 0 Å². The fraction of sp³-hybridized carbons (Fsp3) is 0.875. The Bertz CT molecular complexity index is 505. The largest absolute Gasteiger partial charge is 4.00 e. The first kappa shape index (κ1) is 26.6. The van der Waals surface area contributed by atoms with Crippen LogP contribution in [0.3, 0.4) is 0 Å². The van der Waals surface area contributed by atoms with Gasteiger partial charge in [-0.2, -0.15) is 77.0 Å². The molecule has 0 aromatic rings. The zero-order valence-electron chi connectivity index (χ0n) is 22.6. The van der Waals surface area contributed by atoms with Crippen LogP contribution in [0, 0.1) is 45.3 Å². The molecule has 0 aromatic carbocycles. The van der Waals surface area contributed by atoms with Crippen LogP contribution >= 0.6 is 0 Å². The maximum absolute atomic E-state index is 2.44. The van der Waals surface area contributed by atoms with Crippen LogP contribution in [-0.4, -0.2) is 0 Å². The first-order valence-electron chi connectivity index (χ1n) is 14.5. The van der Waals surface area contributed by atoms with E-state index in [1.54, 1.807) is 0 Å². The van der Waals surface area contributed by atoms with E-state index >= 15 is 0 Å². The third kappa shape index (κ3) is 6.46. The average Bonchev–Trinajstić information content (AvgIpc) is 3.59. The molecule has 8 fully saturated rings. The van der Waals surface area contributed by atoms with Gasteiger partial charge in [0.25, 0.3) is 0 Å². The predicted molar refractivity (Wildman–Crippen MR) is 138 cm³/mol. The van der Waals surface area contributed by atoms with Gasteiger partial charge >= 0.3 is 17.4 Å². The van der Waals surface area contributed by atoms with Gasteiger partial charge in [-0.3, -0.25) is 0 Å². The van der Waals surface area contributed by atoms with Crippen LogP contribution in [-0.2, 0) is 17.4 Å². The fourth-order valence-corrected chi connectivity index (χ4v) is 8.66. The molecule has 8 rings (SSSR count). The minimum absolute atomic E-state index is 0. The van der Waals surface area contributed by atoms with Gasteiger partial charge in [0.2, 0.25) is 0 Å². The molecule has 8 aliphatic rings. The summed E-state index contributed by atoms with van der Waals surface area (Å²) in [5.41, 5.74) is 3.09. The first-order chi connectivity index (χ1) is 15.1. The second-order valence-electron chi connectivity index (χ2n) is 14.9. The molecule has 33 heavy (non-hydrogen) atoms. The molecule has 8 saturated carbocycles. The van der Waals surface area contributed by atoms with E-state index < -0.39 is 0 Å². The van der Waals surface area contributed by atoms with Crippen molar-refractivity contribution < 1.29 is 17.4 Å². The van der Waals surface area contributed by atoms with E-state index in [0.29, 0.717) is 0 Å². The van der Waals surface area contributed by atoms with Gasteiger partial charge in [0.1, 0.15) is 0 Å². The zero-order chi connectivity index (χ0) is 22.5. The summed E-state index contributed by atoms with van der Waals surface area (Å²) in [4.78, 5) is 0. The van der Waals surface area contributed by atoms with E-state index in [0.717, 1.165) is 21.7 Å². The molecule has 1 heteroatoms. The smallest absolute Gasteiger partial charge is 0.313 e. The molecular weight excluding hydrogens is 436 g/mol. The van der Waals surface area contributed by atoms with Gasteiger partial charge < -0.3 is 23.7 Å². The molecule has 8 aliphatic carbocycles. The van der Waals surface area contributed by atoms with Crippen molar-refractivity contribution in [1.29, 1.82) is 0 Å². The van der Waals surface area contributed by atoms with E-state index in [4.69, 9.17) is 0 Å². The van der Waals surface area contributed by atoms with Crippen molar-refractivity contribution in [3.8, 4) is 0 Å². The summed E-state index contributed by atoms with van der Waals surface area (Å²) in [6.07, 6.45) is 29.4. The zero-order valence-corrected chi connectivity index (χ0v) is 23.8. The van der Waals surface area contributed by atoms with Gasteiger partial charge in [0.15, 0.2) is 0 Å². The minimum Gasteiger partial charge on any atom is -0.313 e. The van der Waals surface area contributed by atoms with Crippen LogP contribution in [0.1, 0.15) is 156 Å². The molecule has 186 valence electrons. The Balaban J connectivity index is 0.000000104. The summed E-state index contributed by atoms with van der Waals surface area (Å²) >= 11 is 0. The summed E-state index contributed by atoms with van der Waals surface area (Å²) in [6.45, 7) is 9.75. The molecule has 0 radical (unpaired) electrons. The Morgan fingerprint density at radius 2 is 0.485 bits per heavy atom. The molecule has 0 heterocycles. The van der Waals surface area contributed by atoms with Crippen LogP contribution in [0.15, 0.2) is 0 Å². The summed E-state index contributed by atoms with van der Waals surface area (Å²) in [6, 6.07) is 0. The van der Waals surface area contributed by atoms with Crippen molar-refractivity contribution in [3.63, 3.8) is 0 Å². The molecule has 0 spiro atoms. The van der Waals surface area contributed by atoms with Crippen molar-refractivity contribution >= 4 is 0 Å². The second kappa shape index (κ2) is 10.1. The fourth-order valence-electron chi connectivity index (χ4n) is 8.66. The van der Waals surface area contributed by atoms with Crippen molar-refractivity contribution in [2.45, 2.75) is 156 Å². The first-order valence-corrected chi connectivity index (χ1v) is 14.5. The van der Waals surface area contributed by atoms with Crippen LogP contribution in [0.4, 0.5) is 0 Å². The second-order valence-corrected chi connectivity index (χ2v) is 14.9. The average molecular weight is 489 g/mol. The van der Waals surface area contributed by atoms with Gasteiger partial charge in [0.05, 0.1) is 0 Å². The van der Waals surface area contributed by atoms with Crippen molar-refractivity contribution in [2.24, 2.45) is 21.7 Å². The molecule has 0 N–H and O–H groups in total. The molecule has 0 aliphatic heterocycles. The maximum atomic E-state index is 2.44. The Kier molecular flexibility index (Phi) is 8.16. The monoisotopic (exact) mass is 488 g/mol. The summed E-state index contributed by atoms with van der Waals surface area (Å²) < 4.78 is 0. The quantitative estimate of drug-likeness (QED) is 0.297. The van der Waals surface area contributed by atoms with Crippen LogP contribution in [0.2, 0.25) is 0 Å². The third-order valence-electron chi connectivity index (χ3n) is 11.4. The van der Waals surface area contributed by atoms with E-state index in [2.05, 4.69) is 27.7 Å². The molecule has 0 unspecified atom stereocenters. The standard InChI is InChI=1S/4C8H13.Cr/c4*1-8-4-2-7(6-8)3-5-8;/h4*2-6H2,1H3;/q4*-1;+4. The van der Waals surface area contributed by atoms with Gasteiger partial charge in [-0.05, 0) is 0 Å². The van der Waals surface area contributed by atoms with E-state index in [-0.39, 0.29) is 17.4 Å². The van der Waals surface area contributed by atoms with Gasteiger partial charge in [-0.15, -0.1) is 0 Å². The number of fused-ring (bicyclic) bond motifs is 8. The van der Waals surface area contributed by atoms with E-state index in [1.807, 2.05) is 23.7 Å². The van der Waals surface area contributed by atoms with Gasteiger partial charge in [0, 0.05) is 0 Å². The summed E-state index contributed by atoms with van der Waals surface area (Å²) in [5, 5.41) is 0. The third-order valence-corrected chi connectivity index (χ3v) is 11.4. The summed E-state index contributed by atoms with van der Waals surface area (Å²) in [7, 11) is 0. The van der Waals surface area contributed by atoms with E-state index in [9.17, 15) is 0 Å². The van der Waals surface area contributed by atoms with Crippen molar-refractivity contribution in [3.05, 3.63) is 23.7 Å². The Hall–Kier alpha value is 0.532. The predicted octanol–water partition coefficient (Wildman–Crippen LogP) is 10.2. The van der Waals surface area contributed by atoms with Crippen LogP contribution in [0.25, 0.3) is 0 Å². The molecule has 0 aromatic heterocycles. The summed E-state index contributed by atoms with van der Waals surface area (Å²) in [5.74, 6) is 7.42. The molecule has 8 bridgehead atoms. The molecule has 0 saturated heterocycles. The molecule has 0 nitrogen and oxygen atoms in total. The Labute approximate surface area is 218 Å². The maximum Gasteiger partial charge on any atom is 4.00 e. The number of hydrogen-bond acceptors (Lipinski definition) is 0. The van der Waals surface area contributed by atoms with Gasteiger partial charge in [-0.25, -0.2) is 0 Å². The Morgan fingerprint density at radius 1 is 0.333 bits per heavy atom. The SMILES string of the molecule is CC12CC[C-](CC1)C2.CC12CC[C-](CC1)C2.CC12CC[C-](CC1)C2.CC12CC[C-](CC1)C2.[Cr+4]. The molecular formula is C32H52Cr.